The maximum absolute atomic E-state index is 14.4. The lowest BCUT2D eigenvalue weighted by atomic mass is 9.62. The minimum atomic E-state index is -1.10. The summed E-state index contributed by atoms with van der Waals surface area (Å²) in [5, 5.41) is 16.7. The van der Waals surface area contributed by atoms with E-state index in [1.54, 1.807) is 4.90 Å². The molecular weight excluding hydrogens is 482 g/mol. The normalized spacial score (nSPS) is 35.4. The van der Waals surface area contributed by atoms with E-state index < -0.39 is 35.1 Å². The van der Waals surface area contributed by atoms with E-state index in [4.69, 9.17) is 4.74 Å². The zero-order chi connectivity index (χ0) is 27.2. The maximum Gasteiger partial charge on any atom is 0.246 e. The molecule has 8 heteroatoms. The minimum absolute atomic E-state index is 0.0271. The Morgan fingerprint density at radius 1 is 1.13 bits per heavy atom. The van der Waals surface area contributed by atoms with Gasteiger partial charge in [0.05, 0.1) is 30.1 Å². The summed E-state index contributed by atoms with van der Waals surface area (Å²) in [7, 11) is 0. The highest BCUT2D eigenvalue weighted by Gasteiger charge is 2.80. The van der Waals surface area contributed by atoms with Gasteiger partial charge in [0.2, 0.25) is 17.7 Å². The van der Waals surface area contributed by atoms with Gasteiger partial charge >= 0.3 is 0 Å². The number of benzene rings is 1. The molecule has 0 aromatic heterocycles. The van der Waals surface area contributed by atoms with E-state index >= 15 is 0 Å². The van der Waals surface area contributed by atoms with Gasteiger partial charge in [0.25, 0.3) is 0 Å². The van der Waals surface area contributed by atoms with Gasteiger partial charge in [-0.1, -0.05) is 58.2 Å². The Labute approximate surface area is 225 Å². The van der Waals surface area contributed by atoms with Crippen LogP contribution in [0, 0.1) is 23.7 Å². The zero-order valence-corrected chi connectivity index (χ0v) is 23.1. The van der Waals surface area contributed by atoms with Crippen molar-refractivity contribution in [2.45, 2.75) is 102 Å². The van der Waals surface area contributed by atoms with Crippen LogP contribution in [0.2, 0.25) is 0 Å². The number of carbonyl (C=O) groups is 3. The molecule has 7 atom stereocenters. The van der Waals surface area contributed by atoms with E-state index in [1.165, 1.54) is 6.42 Å². The largest absolute Gasteiger partial charge is 0.394 e. The van der Waals surface area contributed by atoms with Crippen LogP contribution < -0.4 is 10.6 Å². The van der Waals surface area contributed by atoms with E-state index in [0.29, 0.717) is 18.5 Å². The third-order valence-electron chi connectivity index (χ3n) is 9.62. The first-order valence-corrected chi connectivity index (χ1v) is 14.4. The summed E-state index contributed by atoms with van der Waals surface area (Å²) in [6.07, 6.45) is 6.26. The lowest BCUT2D eigenvalue weighted by Crippen LogP contribution is -2.59. The summed E-state index contributed by atoms with van der Waals surface area (Å²) < 4.78 is 6.81. The second kappa shape index (κ2) is 10.3. The highest BCUT2D eigenvalue weighted by atomic mass is 16.5. The molecular formula is C30H43N3O5. The molecule has 1 aliphatic carbocycles. The smallest absolute Gasteiger partial charge is 0.246 e. The van der Waals surface area contributed by atoms with Crippen molar-refractivity contribution >= 4 is 23.4 Å². The van der Waals surface area contributed by atoms with E-state index in [2.05, 4.69) is 17.6 Å². The minimum Gasteiger partial charge on any atom is -0.394 e. The zero-order valence-electron chi connectivity index (χ0n) is 23.1. The van der Waals surface area contributed by atoms with Gasteiger partial charge in [-0.3, -0.25) is 14.4 Å². The molecule has 38 heavy (non-hydrogen) atoms. The van der Waals surface area contributed by atoms with Crippen LogP contribution in [0.1, 0.15) is 72.6 Å². The SMILES string of the molecule is CC(C)C[C@H](CO)N1C(=O)[C@@H]2[C@@H](C(=O)Nc3ccccc3)[C@]3(C)OC2(CC3C)C1C(=O)NC1CCCCC1. The summed E-state index contributed by atoms with van der Waals surface area (Å²) in [5.74, 6) is -2.06. The first-order chi connectivity index (χ1) is 18.1. The lowest BCUT2D eigenvalue weighted by Gasteiger charge is -2.38. The second-order valence-electron chi connectivity index (χ2n) is 12.6. The van der Waals surface area contributed by atoms with Gasteiger partial charge in [-0.05, 0) is 56.6 Å². The Bertz CT molecular complexity index is 1060. The molecule has 1 aromatic carbocycles. The Hall–Kier alpha value is -2.45. The Morgan fingerprint density at radius 2 is 1.82 bits per heavy atom. The fourth-order valence-corrected chi connectivity index (χ4v) is 7.86. The topological polar surface area (TPSA) is 108 Å². The summed E-state index contributed by atoms with van der Waals surface area (Å²) in [5.41, 5.74) is -1.32. The van der Waals surface area contributed by atoms with Crippen LogP contribution in [0.25, 0.3) is 0 Å². The third kappa shape index (κ3) is 4.34. The Balaban J connectivity index is 1.54. The van der Waals surface area contributed by atoms with Gasteiger partial charge < -0.3 is 25.4 Å². The predicted molar refractivity (Wildman–Crippen MR) is 144 cm³/mol. The molecule has 3 aliphatic heterocycles. The quantitative estimate of drug-likeness (QED) is 0.482. The van der Waals surface area contributed by atoms with Crippen molar-refractivity contribution in [1.29, 1.82) is 0 Å². The number of para-hydroxylation sites is 1. The number of rotatable bonds is 8. The van der Waals surface area contributed by atoms with E-state index in [-0.39, 0.29) is 42.2 Å². The van der Waals surface area contributed by atoms with Gasteiger partial charge in [0.1, 0.15) is 11.6 Å². The number of carbonyl (C=O) groups excluding carboxylic acids is 3. The molecule has 1 saturated carbocycles. The monoisotopic (exact) mass is 525 g/mol. The molecule has 3 heterocycles. The molecule has 5 rings (SSSR count). The molecule has 3 unspecified atom stereocenters. The van der Waals surface area contributed by atoms with Crippen LogP contribution in [-0.4, -0.2) is 63.7 Å². The van der Waals surface area contributed by atoms with Crippen molar-refractivity contribution in [3.63, 3.8) is 0 Å². The molecule has 4 fully saturated rings. The number of nitrogens with one attached hydrogen (secondary N) is 2. The average molecular weight is 526 g/mol. The maximum atomic E-state index is 14.4. The van der Waals surface area contributed by atoms with Crippen molar-refractivity contribution in [2.75, 3.05) is 11.9 Å². The van der Waals surface area contributed by atoms with E-state index in [1.807, 2.05) is 51.1 Å². The molecule has 1 aromatic rings. The third-order valence-corrected chi connectivity index (χ3v) is 9.62. The molecule has 208 valence electrons. The van der Waals surface area contributed by atoms with E-state index in [0.717, 1.165) is 25.7 Å². The lowest BCUT2D eigenvalue weighted by molar-refractivity contribution is -0.150. The summed E-state index contributed by atoms with van der Waals surface area (Å²) >= 11 is 0. The first-order valence-electron chi connectivity index (χ1n) is 14.4. The van der Waals surface area contributed by atoms with Crippen LogP contribution in [0.5, 0.6) is 0 Å². The van der Waals surface area contributed by atoms with Gasteiger partial charge in [0.15, 0.2) is 0 Å². The van der Waals surface area contributed by atoms with Crippen molar-refractivity contribution in [2.24, 2.45) is 23.7 Å². The molecule has 3 saturated heterocycles. The van der Waals surface area contributed by atoms with Gasteiger partial charge in [-0.25, -0.2) is 0 Å². The molecule has 2 bridgehead atoms. The Kier molecular flexibility index (Phi) is 7.33. The molecule has 1 spiro atoms. The average Bonchev–Trinajstić information content (AvgIpc) is 3.40. The Morgan fingerprint density at radius 3 is 2.45 bits per heavy atom. The van der Waals surface area contributed by atoms with Crippen molar-refractivity contribution in [3.05, 3.63) is 30.3 Å². The number of anilines is 1. The molecule has 4 aliphatic rings. The number of amides is 3. The van der Waals surface area contributed by atoms with Crippen LogP contribution >= 0.6 is 0 Å². The molecule has 8 nitrogen and oxygen atoms in total. The fraction of sp³-hybridized carbons (Fsp3) is 0.700. The predicted octanol–water partition coefficient (Wildman–Crippen LogP) is 3.49. The number of hydrogen-bond donors (Lipinski definition) is 3. The number of aliphatic hydroxyl groups excluding tert-OH is 1. The second-order valence-corrected chi connectivity index (χ2v) is 12.6. The highest BCUT2D eigenvalue weighted by molar-refractivity contribution is 6.02. The summed E-state index contributed by atoms with van der Waals surface area (Å²) in [6.45, 7) is 7.81. The van der Waals surface area contributed by atoms with Crippen LogP contribution in [0.3, 0.4) is 0 Å². The van der Waals surface area contributed by atoms with Crippen LogP contribution in [0.4, 0.5) is 5.69 Å². The summed E-state index contributed by atoms with van der Waals surface area (Å²) in [4.78, 5) is 43.9. The van der Waals surface area contributed by atoms with Gasteiger partial charge in [-0.15, -0.1) is 0 Å². The van der Waals surface area contributed by atoms with Crippen molar-refractivity contribution < 1.29 is 24.2 Å². The van der Waals surface area contributed by atoms with Gasteiger partial charge in [0, 0.05) is 11.7 Å². The van der Waals surface area contributed by atoms with E-state index in [9.17, 15) is 19.5 Å². The summed E-state index contributed by atoms with van der Waals surface area (Å²) in [6, 6.07) is 7.90. The highest BCUT2D eigenvalue weighted by Crippen LogP contribution is 2.65. The molecule has 3 N–H and O–H groups in total. The van der Waals surface area contributed by atoms with Crippen molar-refractivity contribution in [1.82, 2.24) is 10.2 Å². The number of nitrogens with zero attached hydrogens (tertiary/aromatic N) is 1. The van der Waals surface area contributed by atoms with Gasteiger partial charge in [-0.2, -0.15) is 0 Å². The van der Waals surface area contributed by atoms with Crippen LogP contribution in [-0.2, 0) is 19.1 Å². The number of hydrogen-bond acceptors (Lipinski definition) is 5. The van der Waals surface area contributed by atoms with Crippen molar-refractivity contribution in [3.8, 4) is 0 Å². The number of ether oxygens (including phenoxy) is 1. The standard InChI is InChI=1S/C30H43N3O5/c1-18(2)15-22(17-34)33-25(27(36)32-21-13-9-6-10-14-21)30-16-19(3)29(4,38-30)23(24(30)28(33)37)26(35)31-20-11-7-5-8-12-20/h5,7-8,11-12,18-19,21-25,34H,6,9-10,13-17H2,1-4H3,(H,31,35)(H,32,36)/t19?,22-,23+,24+,25?,29-,30?/m1/s1. The molecule has 0 radical (unpaired) electrons. The molecule has 3 amide bonds. The number of likely N-dealkylation sites (tertiary alicyclic amines) is 1. The number of aliphatic hydroxyl groups is 1. The number of fused-ring (bicyclic) bond motifs is 1. The fourth-order valence-electron chi connectivity index (χ4n) is 7.86. The van der Waals surface area contributed by atoms with Crippen LogP contribution in [0.15, 0.2) is 30.3 Å². The first kappa shape index (κ1) is 27.1.